The lowest BCUT2D eigenvalue weighted by Crippen LogP contribution is -2.31. The van der Waals surface area contributed by atoms with Crippen LogP contribution < -0.4 is 0 Å². The molecule has 0 radical (unpaired) electrons. The highest BCUT2D eigenvalue weighted by Gasteiger charge is 2.37. The summed E-state index contributed by atoms with van der Waals surface area (Å²) in [5, 5.41) is 0.830. The zero-order chi connectivity index (χ0) is 11.4. The van der Waals surface area contributed by atoms with Gasteiger partial charge in [0, 0.05) is 24.0 Å². The van der Waals surface area contributed by atoms with Crippen LogP contribution in [0.15, 0.2) is 0 Å². The molecular weight excluding hydrogens is 212 g/mol. The molecule has 94 valence electrons. The molecule has 0 unspecified atom stereocenters. The summed E-state index contributed by atoms with van der Waals surface area (Å²) in [4.78, 5) is 0. The molecule has 2 aliphatic carbocycles. The van der Waals surface area contributed by atoms with E-state index in [0.717, 1.165) is 23.5 Å². The average Bonchev–Trinajstić information content (AvgIpc) is 2.31. The van der Waals surface area contributed by atoms with Crippen molar-refractivity contribution in [3.8, 4) is 0 Å². The monoisotopic (exact) mass is 240 g/mol. The number of rotatable bonds is 3. The molecule has 2 fully saturated rings. The van der Waals surface area contributed by atoms with Gasteiger partial charge in [-0.3, -0.25) is 0 Å². The van der Waals surface area contributed by atoms with Crippen molar-refractivity contribution in [1.29, 1.82) is 0 Å². The first-order chi connectivity index (χ1) is 7.74. The summed E-state index contributed by atoms with van der Waals surface area (Å²) < 4.78 is 5.30. The number of hydrogen-bond acceptors (Lipinski definition) is 1. The fourth-order valence-electron chi connectivity index (χ4n) is 4.03. The van der Waals surface area contributed by atoms with Gasteiger partial charge in [-0.15, -0.1) is 0 Å². The molecule has 2 rings (SSSR count). The second-order valence-corrected chi connectivity index (χ2v) is 8.38. The summed E-state index contributed by atoms with van der Waals surface area (Å²) in [7, 11) is 3.28. The molecule has 0 spiro atoms. The molecule has 0 aromatic heterocycles. The average molecular weight is 240 g/mol. The lowest BCUT2D eigenvalue weighted by atomic mass is 9.70. The van der Waals surface area contributed by atoms with Crippen molar-refractivity contribution in [2.75, 3.05) is 13.7 Å². The van der Waals surface area contributed by atoms with Crippen LogP contribution >= 0.6 is 0 Å². The van der Waals surface area contributed by atoms with Crippen molar-refractivity contribution in [3.05, 3.63) is 0 Å². The van der Waals surface area contributed by atoms with Gasteiger partial charge >= 0.3 is 0 Å². The van der Waals surface area contributed by atoms with Crippen molar-refractivity contribution in [2.24, 2.45) is 11.8 Å². The van der Waals surface area contributed by atoms with E-state index in [1.54, 1.807) is 12.8 Å². The molecule has 0 heterocycles. The Morgan fingerprint density at radius 3 is 2.25 bits per heavy atom. The highest BCUT2D eigenvalue weighted by atomic mass is 28.1. The van der Waals surface area contributed by atoms with Crippen LogP contribution in [0.1, 0.15) is 57.8 Å². The number of hydrogen-bond donors (Lipinski definition) is 0. The summed E-state index contributed by atoms with van der Waals surface area (Å²) in [6, 6.07) is 0. The Labute approximate surface area is 104 Å². The molecule has 0 bridgehead atoms. The molecular formula is C14H28OSi. The Hall–Kier alpha value is 0.177. The van der Waals surface area contributed by atoms with Gasteiger partial charge in [0.1, 0.15) is 0 Å². The first-order valence-electron chi connectivity index (χ1n) is 7.23. The molecule has 2 aliphatic rings. The van der Waals surface area contributed by atoms with E-state index in [4.69, 9.17) is 4.74 Å². The van der Waals surface area contributed by atoms with Crippen LogP contribution in [0.4, 0.5) is 0 Å². The van der Waals surface area contributed by atoms with Crippen LogP contribution in [0.25, 0.3) is 0 Å². The standard InChI is InChI=1S/C14H28OSi/c1-15-11-12-5-7-13(8-6-12)14(16)9-3-2-4-10-14/h12-13H,2-11H2,1,16H3. The van der Waals surface area contributed by atoms with E-state index in [1.807, 2.05) is 7.11 Å². The van der Waals surface area contributed by atoms with E-state index in [2.05, 4.69) is 0 Å². The highest BCUT2D eigenvalue weighted by molar-refractivity contribution is 6.15. The fourth-order valence-corrected chi connectivity index (χ4v) is 5.31. The summed E-state index contributed by atoms with van der Waals surface area (Å²) in [5.41, 5.74) is 0. The minimum absolute atomic E-state index is 0.830. The number of ether oxygens (including phenoxy) is 1. The Morgan fingerprint density at radius 2 is 1.69 bits per heavy atom. The lowest BCUT2D eigenvalue weighted by molar-refractivity contribution is 0.103. The number of methoxy groups -OCH3 is 1. The van der Waals surface area contributed by atoms with Gasteiger partial charge in [-0.25, -0.2) is 0 Å². The van der Waals surface area contributed by atoms with E-state index in [-0.39, 0.29) is 0 Å². The quantitative estimate of drug-likeness (QED) is 0.689. The van der Waals surface area contributed by atoms with Gasteiger partial charge in [-0.05, 0) is 42.6 Å². The van der Waals surface area contributed by atoms with Gasteiger partial charge in [0.15, 0.2) is 0 Å². The smallest absolute Gasteiger partial charge is 0.0490 e. The SMILES string of the molecule is COCC1CCC(C2([SiH3])CCCCC2)CC1. The molecule has 1 nitrogen and oxygen atoms in total. The van der Waals surface area contributed by atoms with Gasteiger partial charge in [0.25, 0.3) is 0 Å². The third-order valence-corrected chi connectivity index (χ3v) is 7.05. The summed E-state index contributed by atoms with van der Waals surface area (Å²) in [6.07, 6.45) is 13.5. The molecule has 0 saturated heterocycles. The predicted molar refractivity (Wildman–Crippen MR) is 73.0 cm³/mol. The van der Waals surface area contributed by atoms with Crippen molar-refractivity contribution in [3.63, 3.8) is 0 Å². The van der Waals surface area contributed by atoms with Crippen molar-refractivity contribution < 1.29 is 4.74 Å². The summed E-state index contributed by atoms with van der Waals surface area (Å²) in [5.74, 6) is 1.95. The minimum atomic E-state index is 0.830. The van der Waals surface area contributed by atoms with E-state index >= 15 is 0 Å². The second kappa shape index (κ2) is 5.68. The minimum Gasteiger partial charge on any atom is -0.384 e. The molecule has 0 amide bonds. The summed E-state index contributed by atoms with van der Waals surface area (Å²) >= 11 is 0. The first kappa shape index (κ1) is 12.6. The fraction of sp³-hybridized carbons (Fsp3) is 1.00. The molecule has 2 saturated carbocycles. The van der Waals surface area contributed by atoms with Gasteiger partial charge < -0.3 is 4.74 Å². The molecule has 16 heavy (non-hydrogen) atoms. The molecule has 0 N–H and O–H groups in total. The van der Waals surface area contributed by atoms with Crippen LogP contribution in [0.3, 0.4) is 0 Å². The largest absolute Gasteiger partial charge is 0.384 e. The van der Waals surface area contributed by atoms with Crippen LogP contribution in [-0.4, -0.2) is 24.0 Å². The Balaban J connectivity index is 1.83. The van der Waals surface area contributed by atoms with Crippen molar-refractivity contribution in [1.82, 2.24) is 0 Å². The van der Waals surface area contributed by atoms with E-state index in [0.29, 0.717) is 0 Å². The second-order valence-electron chi connectivity index (χ2n) is 6.39. The third-order valence-electron chi connectivity index (χ3n) is 5.23. The Bertz CT molecular complexity index is 203. The first-order valence-corrected chi connectivity index (χ1v) is 8.23. The lowest BCUT2D eigenvalue weighted by Gasteiger charge is -2.44. The van der Waals surface area contributed by atoms with Crippen LogP contribution in [0.2, 0.25) is 5.04 Å². The molecule has 0 aromatic carbocycles. The van der Waals surface area contributed by atoms with E-state index in [9.17, 15) is 0 Å². The van der Waals surface area contributed by atoms with Gasteiger partial charge in [0.05, 0.1) is 0 Å². The molecule has 0 aromatic rings. The van der Waals surface area contributed by atoms with Crippen molar-refractivity contribution >= 4 is 10.2 Å². The zero-order valence-electron chi connectivity index (χ0n) is 11.1. The van der Waals surface area contributed by atoms with Crippen molar-refractivity contribution in [2.45, 2.75) is 62.8 Å². The van der Waals surface area contributed by atoms with Gasteiger partial charge in [0.2, 0.25) is 0 Å². The Morgan fingerprint density at radius 1 is 1.06 bits per heavy atom. The third kappa shape index (κ3) is 2.89. The molecule has 0 atom stereocenters. The van der Waals surface area contributed by atoms with E-state index < -0.39 is 0 Å². The predicted octanol–water partition coefficient (Wildman–Crippen LogP) is 2.93. The maximum atomic E-state index is 5.30. The Kier molecular flexibility index (Phi) is 4.48. The van der Waals surface area contributed by atoms with Gasteiger partial charge in [-0.2, -0.15) is 0 Å². The molecule has 0 aliphatic heterocycles. The van der Waals surface area contributed by atoms with Crippen LogP contribution in [0, 0.1) is 11.8 Å². The van der Waals surface area contributed by atoms with Crippen LogP contribution in [-0.2, 0) is 4.74 Å². The summed E-state index contributed by atoms with van der Waals surface area (Å²) in [6.45, 7) is 1.00. The normalized spacial score (nSPS) is 35.1. The topological polar surface area (TPSA) is 9.23 Å². The highest BCUT2D eigenvalue weighted by Crippen LogP contribution is 2.52. The van der Waals surface area contributed by atoms with E-state index in [1.165, 1.54) is 55.2 Å². The maximum absolute atomic E-state index is 5.30. The maximum Gasteiger partial charge on any atom is 0.0490 e. The van der Waals surface area contributed by atoms with Gasteiger partial charge in [-0.1, -0.05) is 32.1 Å². The van der Waals surface area contributed by atoms with Crippen LogP contribution in [0.5, 0.6) is 0 Å². The molecule has 2 heteroatoms. The zero-order valence-corrected chi connectivity index (χ0v) is 13.1.